The van der Waals surface area contributed by atoms with Crippen molar-refractivity contribution in [2.75, 3.05) is 13.6 Å². The maximum absolute atomic E-state index is 11.6. The number of rotatable bonds is 4. The molecule has 1 fully saturated rings. The predicted molar refractivity (Wildman–Crippen MR) is 82.4 cm³/mol. The highest BCUT2D eigenvalue weighted by Gasteiger charge is 2.30. The summed E-state index contributed by atoms with van der Waals surface area (Å²) in [6, 6.07) is 8.61. The number of ether oxygens (including phenoxy) is 1. The fourth-order valence-corrected chi connectivity index (χ4v) is 2.61. The molecule has 0 bridgehead atoms. The zero-order valence-electron chi connectivity index (χ0n) is 12.7. The third-order valence-corrected chi connectivity index (χ3v) is 3.76. The van der Waals surface area contributed by atoms with E-state index >= 15 is 0 Å². The van der Waals surface area contributed by atoms with Crippen molar-refractivity contribution in [3.05, 3.63) is 36.7 Å². The van der Waals surface area contributed by atoms with Gasteiger partial charge in [0.15, 0.2) is 0 Å². The zero-order valence-corrected chi connectivity index (χ0v) is 12.7. The average Bonchev–Trinajstić information content (AvgIpc) is 3.16. The lowest BCUT2D eigenvalue weighted by atomic mass is 10.1. The molecule has 2 heterocycles. The number of likely N-dealkylation sites (N-methyl/N-ethyl adjacent to an activating group) is 1. The molecule has 3 rings (SSSR count). The number of benzene rings is 1. The fraction of sp³-hybridized carbons (Fsp3) is 0.375. The molecule has 22 heavy (non-hydrogen) atoms. The summed E-state index contributed by atoms with van der Waals surface area (Å²) in [6.45, 7) is 0.662. The standard InChI is InChI=1S/C16H19N4O2/c1-17-16(21)15-7-14(9-18-15)22-13-5-3-4-11(6-13)12-8-19-20(2)10-12/h4-6,8,10,14-15,18H,7,9H2,1-2H3,(H,17,21). The lowest BCUT2D eigenvalue weighted by Gasteiger charge is -2.13. The Balaban J connectivity index is 1.68. The monoisotopic (exact) mass is 299 g/mol. The first-order chi connectivity index (χ1) is 10.7. The summed E-state index contributed by atoms with van der Waals surface area (Å²) in [5.41, 5.74) is 2.04. The van der Waals surface area contributed by atoms with Gasteiger partial charge in [0.2, 0.25) is 5.91 Å². The third-order valence-electron chi connectivity index (χ3n) is 3.76. The molecule has 6 heteroatoms. The van der Waals surface area contributed by atoms with Crippen LogP contribution in [0.4, 0.5) is 0 Å². The molecule has 1 saturated heterocycles. The van der Waals surface area contributed by atoms with Crippen LogP contribution in [-0.4, -0.2) is 41.4 Å². The van der Waals surface area contributed by atoms with Crippen LogP contribution in [0.15, 0.2) is 30.6 Å². The predicted octanol–water partition coefficient (Wildman–Crippen LogP) is 0.743. The maximum atomic E-state index is 11.6. The molecular formula is C16H19N4O2. The Morgan fingerprint density at radius 1 is 1.50 bits per heavy atom. The molecule has 1 radical (unpaired) electrons. The second kappa shape index (κ2) is 6.19. The maximum Gasteiger partial charge on any atom is 0.237 e. The van der Waals surface area contributed by atoms with Gasteiger partial charge in [0.05, 0.1) is 12.2 Å². The molecule has 1 aromatic heterocycles. The Morgan fingerprint density at radius 2 is 2.36 bits per heavy atom. The Morgan fingerprint density at radius 3 is 3.09 bits per heavy atom. The van der Waals surface area contributed by atoms with Crippen molar-refractivity contribution < 1.29 is 9.53 Å². The largest absolute Gasteiger partial charge is 0.489 e. The summed E-state index contributed by atoms with van der Waals surface area (Å²) in [7, 11) is 3.53. The van der Waals surface area contributed by atoms with Crippen molar-refractivity contribution in [3.8, 4) is 16.9 Å². The lowest BCUT2D eigenvalue weighted by molar-refractivity contribution is -0.122. The Bertz CT molecular complexity index is 668. The molecule has 0 saturated carbocycles. The van der Waals surface area contributed by atoms with Gasteiger partial charge in [0.1, 0.15) is 11.9 Å². The van der Waals surface area contributed by atoms with Crippen LogP contribution in [0.5, 0.6) is 5.75 Å². The van der Waals surface area contributed by atoms with E-state index in [9.17, 15) is 4.79 Å². The number of amides is 1. The van der Waals surface area contributed by atoms with Gasteiger partial charge in [-0.2, -0.15) is 5.10 Å². The molecular weight excluding hydrogens is 280 g/mol. The van der Waals surface area contributed by atoms with E-state index in [1.54, 1.807) is 11.7 Å². The number of nitrogens with one attached hydrogen (secondary N) is 2. The number of carbonyl (C=O) groups excluding carboxylic acids is 1. The molecule has 0 spiro atoms. The molecule has 2 aromatic rings. The third kappa shape index (κ3) is 3.12. The highest BCUT2D eigenvalue weighted by atomic mass is 16.5. The number of aromatic nitrogens is 2. The van der Waals surface area contributed by atoms with Crippen LogP contribution in [0.3, 0.4) is 0 Å². The van der Waals surface area contributed by atoms with Gasteiger partial charge in [-0.25, -0.2) is 0 Å². The highest BCUT2D eigenvalue weighted by Crippen LogP contribution is 2.25. The first-order valence-electron chi connectivity index (χ1n) is 7.27. The van der Waals surface area contributed by atoms with E-state index in [2.05, 4.69) is 21.8 Å². The number of carbonyl (C=O) groups is 1. The van der Waals surface area contributed by atoms with Gasteiger partial charge in [-0.3, -0.25) is 9.48 Å². The summed E-state index contributed by atoms with van der Waals surface area (Å²) >= 11 is 0. The molecule has 1 aromatic carbocycles. The summed E-state index contributed by atoms with van der Waals surface area (Å²) in [4.78, 5) is 11.6. The second-order valence-corrected chi connectivity index (χ2v) is 5.41. The van der Waals surface area contributed by atoms with E-state index in [1.807, 2.05) is 37.6 Å². The van der Waals surface area contributed by atoms with Gasteiger partial charge in [0, 0.05) is 38.8 Å². The molecule has 115 valence electrons. The van der Waals surface area contributed by atoms with Crippen LogP contribution in [0.25, 0.3) is 11.1 Å². The summed E-state index contributed by atoms with van der Waals surface area (Å²) in [5.74, 6) is 0.757. The SMILES string of the molecule is CNC(=O)C1CC(Oc2c[c]cc(-c3cnn(C)c3)c2)CN1. The molecule has 1 amide bonds. The van der Waals surface area contributed by atoms with Crippen LogP contribution in [0.2, 0.25) is 0 Å². The van der Waals surface area contributed by atoms with Crippen LogP contribution in [-0.2, 0) is 11.8 Å². The molecule has 1 aliphatic heterocycles. The highest BCUT2D eigenvalue weighted by molar-refractivity contribution is 5.81. The van der Waals surface area contributed by atoms with Crippen LogP contribution >= 0.6 is 0 Å². The Kier molecular flexibility index (Phi) is 4.11. The van der Waals surface area contributed by atoms with Gasteiger partial charge in [0.25, 0.3) is 0 Å². The minimum Gasteiger partial charge on any atom is -0.489 e. The van der Waals surface area contributed by atoms with Crippen molar-refractivity contribution in [3.63, 3.8) is 0 Å². The quantitative estimate of drug-likeness (QED) is 0.874. The number of nitrogens with zero attached hydrogens (tertiary/aromatic N) is 2. The van der Waals surface area contributed by atoms with E-state index in [0.717, 1.165) is 16.9 Å². The van der Waals surface area contributed by atoms with Crippen molar-refractivity contribution in [2.45, 2.75) is 18.6 Å². The van der Waals surface area contributed by atoms with Crippen LogP contribution < -0.4 is 15.4 Å². The van der Waals surface area contributed by atoms with Crippen molar-refractivity contribution in [1.82, 2.24) is 20.4 Å². The van der Waals surface area contributed by atoms with Crippen LogP contribution in [0, 0.1) is 6.07 Å². The minimum absolute atomic E-state index is 0.00164. The molecule has 1 aliphatic rings. The average molecular weight is 299 g/mol. The summed E-state index contributed by atoms with van der Waals surface area (Å²) < 4.78 is 7.73. The summed E-state index contributed by atoms with van der Waals surface area (Å²) in [5, 5.41) is 9.99. The van der Waals surface area contributed by atoms with E-state index in [1.165, 1.54) is 0 Å². The first-order valence-corrected chi connectivity index (χ1v) is 7.27. The fourth-order valence-electron chi connectivity index (χ4n) is 2.61. The Hall–Kier alpha value is -2.34. The normalized spacial score (nSPS) is 20.8. The molecule has 2 N–H and O–H groups in total. The molecule has 6 nitrogen and oxygen atoms in total. The van der Waals surface area contributed by atoms with Gasteiger partial charge >= 0.3 is 0 Å². The van der Waals surface area contributed by atoms with E-state index in [0.29, 0.717) is 13.0 Å². The van der Waals surface area contributed by atoms with Gasteiger partial charge < -0.3 is 15.4 Å². The summed E-state index contributed by atoms with van der Waals surface area (Å²) in [6.07, 6.45) is 4.41. The van der Waals surface area contributed by atoms with Crippen molar-refractivity contribution in [2.24, 2.45) is 7.05 Å². The molecule has 0 aliphatic carbocycles. The lowest BCUT2D eigenvalue weighted by Crippen LogP contribution is -2.38. The van der Waals surface area contributed by atoms with E-state index in [4.69, 9.17) is 4.74 Å². The smallest absolute Gasteiger partial charge is 0.237 e. The Labute approximate surface area is 129 Å². The first kappa shape index (κ1) is 14.6. The second-order valence-electron chi connectivity index (χ2n) is 5.41. The van der Waals surface area contributed by atoms with Crippen molar-refractivity contribution >= 4 is 5.91 Å². The molecule has 2 atom stereocenters. The van der Waals surface area contributed by atoms with Crippen molar-refractivity contribution in [1.29, 1.82) is 0 Å². The van der Waals surface area contributed by atoms with Gasteiger partial charge in [-0.1, -0.05) is 0 Å². The number of hydrogen-bond donors (Lipinski definition) is 2. The minimum atomic E-state index is -0.180. The van der Waals surface area contributed by atoms with Gasteiger partial charge in [-0.15, -0.1) is 0 Å². The topological polar surface area (TPSA) is 68.2 Å². The van der Waals surface area contributed by atoms with E-state index in [-0.39, 0.29) is 18.1 Å². The van der Waals surface area contributed by atoms with Gasteiger partial charge in [-0.05, 0) is 29.8 Å². The zero-order chi connectivity index (χ0) is 15.5. The molecule has 2 unspecified atom stereocenters. The number of hydrogen-bond acceptors (Lipinski definition) is 4. The number of aryl methyl sites for hydroxylation is 1. The van der Waals surface area contributed by atoms with E-state index < -0.39 is 0 Å². The van der Waals surface area contributed by atoms with Crippen LogP contribution in [0.1, 0.15) is 6.42 Å².